The molecule has 0 spiro atoms. The van der Waals surface area contributed by atoms with Crippen LogP contribution in [0.15, 0.2) is 64.1 Å². The lowest BCUT2D eigenvalue weighted by atomic mass is 10.2. The summed E-state index contributed by atoms with van der Waals surface area (Å²) in [5, 5.41) is 2.80. The van der Waals surface area contributed by atoms with Crippen LogP contribution in [0.25, 0.3) is 0 Å². The maximum Gasteiger partial charge on any atom is 0.287 e. The van der Waals surface area contributed by atoms with Gasteiger partial charge in [0, 0.05) is 22.3 Å². The van der Waals surface area contributed by atoms with Crippen LogP contribution in [0.5, 0.6) is 11.5 Å². The Labute approximate surface area is 212 Å². The van der Waals surface area contributed by atoms with E-state index in [0.717, 1.165) is 16.3 Å². The van der Waals surface area contributed by atoms with Crippen LogP contribution in [0.4, 0.5) is 0 Å². The number of hydrogen-bond donors (Lipinski definition) is 1. The van der Waals surface area contributed by atoms with E-state index < -0.39 is 5.91 Å². The predicted octanol–water partition coefficient (Wildman–Crippen LogP) is 3.89. The van der Waals surface area contributed by atoms with Gasteiger partial charge in [-0.15, -0.1) is 11.3 Å². The average molecular weight is 507 g/mol. The van der Waals surface area contributed by atoms with Crippen molar-refractivity contribution in [3.05, 3.63) is 92.9 Å². The zero-order valence-corrected chi connectivity index (χ0v) is 21.2. The molecule has 0 aliphatic rings. The summed E-state index contributed by atoms with van der Waals surface area (Å²) < 4.78 is 18.2. The van der Waals surface area contributed by atoms with Crippen molar-refractivity contribution in [2.75, 3.05) is 14.2 Å². The maximum absolute atomic E-state index is 12.9. The van der Waals surface area contributed by atoms with Gasteiger partial charge in [0.05, 0.1) is 33.0 Å². The number of rotatable bonds is 8. The van der Waals surface area contributed by atoms with Crippen LogP contribution in [0, 0.1) is 13.8 Å². The molecule has 3 aromatic heterocycles. The Hall–Kier alpha value is -4.18. The molecule has 0 saturated heterocycles. The average Bonchev–Trinajstić information content (AvgIpc) is 3.47. The summed E-state index contributed by atoms with van der Waals surface area (Å²) in [4.78, 5) is 35.5. The van der Waals surface area contributed by atoms with Crippen LogP contribution in [0.2, 0.25) is 0 Å². The highest BCUT2D eigenvalue weighted by Crippen LogP contribution is 2.27. The van der Waals surface area contributed by atoms with E-state index >= 15 is 0 Å². The van der Waals surface area contributed by atoms with Gasteiger partial charge in [-0.3, -0.25) is 14.6 Å². The Kier molecular flexibility index (Phi) is 7.65. The van der Waals surface area contributed by atoms with E-state index in [9.17, 15) is 9.59 Å². The first-order valence-corrected chi connectivity index (χ1v) is 12.0. The lowest BCUT2D eigenvalue weighted by molar-refractivity contribution is 0.0920. The minimum Gasteiger partial charge on any atom is -0.493 e. The first-order chi connectivity index (χ1) is 17.4. The highest BCUT2D eigenvalue weighted by atomic mass is 32.1. The number of carbonyl (C=O) groups is 2. The molecule has 4 rings (SSSR count). The van der Waals surface area contributed by atoms with Gasteiger partial charge < -0.3 is 23.8 Å². The summed E-state index contributed by atoms with van der Waals surface area (Å²) in [5.74, 6) is 1.02. The molecule has 1 aromatic carbocycles. The molecule has 9 nitrogen and oxygen atoms in total. The van der Waals surface area contributed by atoms with E-state index in [4.69, 9.17) is 13.9 Å². The fraction of sp³-hybridized carbons (Fsp3) is 0.231. The first kappa shape index (κ1) is 24.9. The fourth-order valence-corrected chi connectivity index (χ4v) is 4.46. The number of nitrogens with one attached hydrogen (secondary N) is 1. The second-order valence-corrected chi connectivity index (χ2v) is 9.05. The fourth-order valence-electron chi connectivity index (χ4n) is 3.49. The summed E-state index contributed by atoms with van der Waals surface area (Å²) >= 11 is 1.41. The van der Waals surface area contributed by atoms with Crippen LogP contribution in [-0.4, -0.2) is 35.6 Å². The molecular weight excluding hydrogens is 480 g/mol. The Morgan fingerprint density at radius 2 is 1.89 bits per heavy atom. The van der Waals surface area contributed by atoms with Crippen LogP contribution in [0.1, 0.15) is 42.9 Å². The van der Waals surface area contributed by atoms with Gasteiger partial charge in [-0.2, -0.15) is 4.99 Å². The summed E-state index contributed by atoms with van der Waals surface area (Å²) in [5.41, 5.74) is 2.09. The second-order valence-electron chi connectivity index (χ2n) is 7.87. The Balaban J connectivity index is 1.53. The van der Waals surface area contributed by atoms with E-state index in [1.54, 1.807) is 36.5 Å². The van der Waals surface area contributed by atoms with E-state index in [1.165, 1.54) is 25.6 Å². The van der Waals surface area contributed by atoms with E-state index in [0.29, 0.717) is 40.7 Å². The minimum atomic E-state index is -0.403. The SMILES string of the molecule is COc1ccc(C(=O)N=c2sc(C)c(C)n2Cc2ccc(C(=O)NCc3ccccn3)o2)cc1OC. The molecule has 1 N–H and O–H groups in total. The number of carbonyl (C=O) groups excluding carboxylic acids is 2. The topological polar surface area (TPSA) is 108 Å². The molecule has 186 valence electrons. The van der Waals surface area contributed by atoms with Crippen molar-refractivity contribution in [1.82, 2.24) is 14.9 Å². The van der Waals surface area contributed by atoms with Crippen molar-refractivity contribution in [3.8, 4) is 11.5 Å². The third-order valence-electron chi connectivity index (χ3n) is 5.57. The number of furan rings is 1. The van der Waals surface area contributed by atoms with Crippen molar-refractivity contribution in [1.29, 1.82) is 0 Å². The number of methoxy groups -OCH3 is 2. The van der Waals surface area contributed by atoms with Gasteiger partial charge in [0.2, 0.25) is 0 Å². The molecule has 0 atom stereocenters. The number of ether oxygens (including phenoxy) is 2. The predicted molar refractivity (Wildman–Crippen MR) is 134 cm³/mol. The van der Waals surface area contributed by atoms with Gasteiger partial charge in [-0.1, -0.05) is 6.07 Å². The van der Waals surface area contributed by atoms with Gasteiger partial charge in [-0.25, -0.2) is 0 Å². The third kappa shape index (κ3) is 5.55. The molecule has 2 amide bonds. The minimum absolute atomic E-state index is 0.200. The van der Waals surface area contributed by atoms with Crippen LogP contribution in [-0.2, 0) is 13.1 Å². The van der Waals surface area contributed by atoms with Gasteiger partial charge in [0.25, 0.3) is 11.8 Å². The monoisotopic (exact) mass is 506 g/mol. The summed E-state index contributed by atoms with van der Waals surface area (Å²) in [6, 6.07) is 13.8. The first-order valence-electron chi connectivity index (χ1n) is 11.1. The Bertz CT molecular complexity index is 1450. The lowest BCUT2D eigenvalue weighted by Crippen LogP contribution is -2.22. The quantitative estimate of drug-likeness (QED) is 0.388. The molecule has 0 aliphatic heterocycles. The molecule has 3 heterocycles. The van der Waals surface area contributed by atoms with Gasteiger partial charge in [0.15, 0.2) is 22.1 Å². The molecule has 10 heteroatoms. The lowest BCUT2D eigenvalue weighted by Gasteiger charge is -2.08. The van der Waals surface area contributed by atoms with Gasteiger partial charge >= 0.3 is 0 Å². The molecular formula is C26H26N4O5S. The smallest absolute Gasteiger partial charge is 0.287 e. The molecule has 0 bridgehead atoms. The molecule has 4 aromatic rings. The van der Waals surface area contributed by atoms with Crippen molar-refractivity contribution in [2.45, 2.75) is 26.9 Å². The molecule has 0 fully saturated rings. The van der Waals surface area contributed by atoms with Crippen molar-refractivity contribution in [2.24, 2.45) is 4.99 Å². The molecule has 0 radical (unpaired) electrons. The number of thiazole rings is 1. The Morgan fingerprint density at radius 1 is 1.08 bits per heavy atom. The number of pyridine rings is 1. The van der Waals surface area contributed by atoms with E-state index in [2.05, 4.69) is 15.3 Å². The summed E-state index contributed by atoms with van der Waals surface area (Å²) in [6.45, 7) is 4.54. The van der Waals surface area contributed by atoms with Gasteiger partial charge in [0.1, 0.15) is 5.76 Å². The normalized spacial score (nSPS) is 11.4. The Morgan fingerprint density at radius 3 is 2.61 bits per heavy atom. The summed E-state index contributed by atoms with van der Waals surface area (Å²) in [6.07, 6.45) is 1.67. The number of nitrogens with zero attached hydrogens (tertiary/aromatic N) is 3. The summed E-state index contributed by atoms with van der Waals surface area (Å²) in [7, 11) is 3.05. The molecule has 0 unspecified atom stereocenters. The highest BCUT2D eigenvalue weighted by molar-refractivity contribution is 7.09. The van der Waals surface area contributed by atoms with Crippen LogP contribution < -0.4 is 19.6 Å². The number of aromatic nitrogens is 2. The zero-order valence-electron chi connectivity index (χ0n) is 20.4. The maximum atomic E-state index is 12.9. The largest absolute Gasteiger partial charge is 0.493 e. The highest BCUT2D eigenvalue weighted by Gasteiger charge is 2.15. The van der Waals surface area contributed by atoms with Crippen LogP contribution >= 0.6 is 11.3 Å². The zero-order chi connectivity index (χ0) is 25.7. The number of benzene rings is 1. The van der Waals surface area contributed by atoms with Crippen LogP contribution in [0.3, 0.4) is 0 Å². The van der Waals surface area contributed by atoms with Crippen molar-refractivity contribution in [3.63, 3.8) is 0 Å². The van der Waals surface area contributed by atoms with Crippen molar-refractivity contribution < 1.29 is 23.5 Å². The molecule has 36 heavy (non-hydrogen) atoms. The van der Waals surface area contributed by atoms with E-state index in [-0.39, 0.29) is 11.7 Å². The molecule has 0 saturated carbocycles. The van der Waals surface area contributed by atoms with Crippen molar-refractivity contribution >= 4 is 23.2 Å². The second kappa shape index (κ2) is 11.0. The number of hydrogen-bond acceptors (Lipinski definition) is 7. The van der Waals surface area contributed by atoms with Gasteiger partial charge in [-0.05, 0) is 56.3 Å². The number of aryl methyl sites for hydroxylation is 1. The number of amides is 2. The standard InChI is InChI=1S/C26H26N4O5S/c1-16-17(2)36-26(29-24(31)18-8-10-21(33-3)23(13-18)34-4)30(16)15-20-9-11-22(35-20)25(32)28-14-19-7-5-6-12-27-19/h5-13H,14-15H2,1-4H3,(H,28,32). The van der Waals surface area contributed by atoms with E-state index in [1.807, 2.05) is 36.6 Å². The molecule has 0 aliphatic carbocycles. The third-order valence-corrected chi connectivity index (χ3v) is 6.67.